The van der Waals surface area contributed by atoms with E-state index in [4.69, 9.17) is 11.6 Å². The fourth-order valence-corrected chi connectivity index (χ4v) is 2.21. The van der Waals surface area contributed by atoms with Gasteiger partial charge in [-0.1, -0.05) is 11.6 Å². The highest BCUT2D eigenvalue weighted by atomic mass is 35.5. The molecular formula is C11H9ClN4O. The van der Waals surface area contributed by atoms with Gasteiger partial charge in [0.15, 0.2) is 0 Å². The molecule has 0 saturated heterocycles. The Hall–Kier alpha value is -1.88. The molecule has 0 saturated carbocycles. The van der Waals surface area contributed by atoms with Gasteiger partial charge in [-0.25, -0.2) is 14.8 Å². The summed E-state index contributed by atoms with van der Waals surface area (Å²) in [5.74, 6) is 0. The summed E-state index contributed by atoms with van der Waals surface area (Å²) in [6, 6.07) is 3.69. The van der Waals surface area contributed by atoms with E-state index in [0.717, 1.165) is 21.9 Å². The second-order valence-electron chi connectivity index (χ2n) is 3.92. The molecule has 0 N–H and O–H groups in total. The van der Waals surface area contributed by atoms with Crippen molar-refractivity contribution in [3.8, 4) is 0 Å². The van der Waals surface area contributed by atoms with Crippen LogP contribution in [0.4, 0.5) is 0 Å². The summed E-state index contributed by atoms with van der Waals surface area (Å²) in [4.78, 5) is 19.9. The molecule has 0 aliphatic rings. The van der Waals surface area contributed by atoms with Gasteiger partial charge in [-0.05, 0) is 12.1 Å². The standard InChI is InChI=1S/C11H9ClN4O/c1-15-8-3-6-7(13-5-14-10(6)12)4-9(8)16(2)11(15)17/h3-5H,1-2H3. The molecule has 0 radical (unpaired) electrons. The van der Waals surface area contributed by atoms with E-state index < -0.39 is 0 Å². The van der Waals surface area contributed by atoms with Crippen LogP contribution in [0.2, 0.25) is 5.15 Å². The Morgan fingerprint density at radius 3 is 2.47 bits per heavy atom. The van der Waals surface area contributed by atoms with Crippen LogP contribution in [-0.4, -0.2) is 19.1 Å². The van der Waals surface area contributed by atoms with Crippen molar-refractivity contribution in [3.05, 3.63) is 34.1 Å². The number of hydrogen-bond acceptors (Lipinski definition) is 3. The second-order valence-corrected chi connectivity index (χ2v) is 4.28. The predicted octanol–water partition coefficient (Wildman–Crippen LogP) is 1.47. The van der Waals surface area contributed by atoms with Crippen LogP contribution in [0, 0.1) is 0 Å². The van der Waals surface area contributed by atoms with E-state index >= 15 is 0 Å². The maximum absolute atomic E-state index is 11.8. The molecule has 17 heavy (non-hydrogen) atoms. The highest BCUT2D eigenvalue weighted by molar-refractivity contribution is 6.34. The van der Waals surface area contributed by atoms with E-state index in [2.05, 4.69) is 9.97 Å². The summed E-state index contributed by atoms with van der Waals surface area (Å²) in [6.45, 7) is 0. The topological polar surface area (TPSA) is 52.7 Å². The first-order chi connectivity index (χ1) is 8.09. The number of halogens is 1. The van der Waals surface area contributed by atoms with Crippen molar-refractivity contribution in [2.24, 2.45) is 14.1 Å². The summed E-state index contributed by atoms with van der Waals surface area (Å²) >= 11 is 6.01. The Morgan fingerprint density at radius 2 is 1.76 bits per heavy atom. The van der Waals surface area contributed by atoms with Crippen molar-refractivity contribution in [1.29, 1.82) is 0 Å². The molecule has 3 aromatic rings. The number of nitrogens with zero attached hydrogens (tertiary/aromatic N) is 4. The lowest BCUT2D eigenvalue weighted by molar-refractivity contribution is 0.795. The third kappa shape index (κ3) is 1.29. The summed E-state index contributed by atoms with van der Waals surface area (Å²) in [5, 5.41) is 1.15. The number of aromatic nitrogens is 4. The highest BCUT2D eigenvalue weighted by Crippen LogP contribution is 2.24. The first-order valence-corrected chi connectivity index (χ1v) is 5.43. The zero-order chi connectivity index (χ0) is 12.2. The fourth-order valence-electron chi connectivity index (χ4n) is 2.02. The first kappa shape index (κ1) is 10.3. The summed E-state index contributed by atoms with van der Waals surface area (Å²) in [7, 11) is 3.47. The Balaban J connectivity index is 2.62. The number of imidazole rings is 1. The van der Waals surface area contributed by atoms with E-state index in [9.17, 15) is 4.79 Å². The summed E-state index contributed by atoms with van der Waals surface area (Å²) in [6.07, 6.45) is 1.41. The Bertz CT molecular complexity index is 802. The van der Waals surface area contributed by atoms with Crippen LogP contribution in [0.15, 0.2) is 23.3 Å². The molecule has 86 valence electrons. The molecule has 0 fully saturated rings. The van der Waals surface area contributed by atoms with Gasteiger partial charge in [-0.3, -0.25) is 9.13 Å². The molecule has 2 aromatic heterocycles. The molecule has 6 heteroatoms. The SMILES string of the molecule is Cn1c(=O)n(C)c2cc3c(Cl)ncnc3cc21. The maximum Gasteiger partial charge on any atom is 0.328 e. The average Bonchev–Trinajstić information content (AvgIpc) is 2.54. The van der Waals surface area contributed by atoms with Crippen LogP contribution in [0.3, 0.4) is 0 Å². The minimum absolute atomic E-state index is 0.0700. The van der Waals surface area contributed by atoms with Crippen molar-refractivity contribution in [1.82, 2.24) is 19.1 Å². The van der Waals surface area contributed by atoms with Crippen LogP contribution < -0.4 is 5.69 Å². The third-order valence-corrected chi connectivity index (χ3v) is 3.28. The molecule has 0 amide bonds. The lowest BCUT2D eigenvalue weighted by Crippen LogP contribution is -2.19. The van der Waals surface area contributed by atoms with Gasteiger partial charge >= 0.3 is 5.69 Å². The van der Waals surface area contributed by atoms with E-state index in [1.54, 1.807) is 23.2 Å². The Kier molecular flexibility index (Phi) is 2.00. The van der Waals surface area contributed by atoms with Crippen LogP contribution in [0.25, 0.3) is 21.9 Å². The van der Waals surface area contributed by atoms with Crippen molar-refractivity contribution in [3.63, 3.8) is 0 Å². The lowest BCUT2D eigenvalue weighted by atomic mass is 10.2. The largest absolute Gasteiger partial charge is 0.328 e. The van der Waals surface area contributed by atoms with Crippen molar-refractivity contribution in [2.45, 2.75) is 0 Å². The van der Waals surface area contributed by atoms with Gasteiger partial charge in [0.2, 0.25) is 0 Å². The molecule has 0 aliphatic carbocycles. The normalized spacial score (nSPS) is 11.5. The number of benzene rings is 1. The van der Waals surface area contributed by atoms with Gasteiger partial charge < -0.3 is 0 Å². The van der Waals surface area contributed by atoms with E-state index in [0.29, 0.717) is 5.15 Å². The fraction of sp³-hybridized carbons (Fsp3) is 0.182. The molecule has 1 aromatic carbocycles. The molecule has 2 heterocycles. The number of aryl methyl sites for hydroxylation is 2. The number of fused-ring (bicyclic) bond motifs is 2. The molecule has 0 spiro atoms. The molecule has 0 aliphatic heterocycles. The first-order valence-electron chi connectivity index (χ1n) is 5.05. The van der Waals surface area contributed by atoms with Gasteiger partial charge in [0.05, 0.1) is 16.6 Å². The molecule has 0 atom stereocenters. The molecule has 5 nitrogen and oxygen atoms in total. The summed E-state index contributed by atoms with van der Waals surface area (Å²) < 4.78 is 3.17. The molecule has 3 rings (SSSR count). The molecular weight excluding hydrogens is 240 g/mol. The predicted molar refractivity (Wildman–Crippen MR) is 66.3 cm³/mol. The van der Waals surface area contributed by atoms with Gasteiger partial charge in [-0.15, -0.1) is 0 Å². The van der Waals surface area contributed by atoms with Crippen LogP contribution in [0.5, 0.6) is 0 Å². The zero-order valence-electron chi connectivity index (χ0n) is 9.31. The zero-order valence-corrected chi connectivity index (χ0v) is 10.1. The van der Waals surface area contributed by atoms with Crippen molar-refractivity contribution >= 4 is 33.5 Å². The average molecular weight is 249 g/mol. The van der Waals surface area contributed by atoms with E-state index in [1.165, 1.54) is 6.33 Å². The van der Waals surface area contributed by atoms with Crippen LogP contribution in [-0.2, 0) is 14.1 Å². The van der Waals surface area contributed by atoms with Gasteiger partial charge in [-0.2, -0.15) is 0 Å². The Morgan fingerprint density at radius 1 is 1.12 bits per heavy atom. The highest BCUT2D eigenvalue weighted by Gasteiger charge is 2.10. The van der Waals surface area contributed by atoms with Crippen molar-refractivity contribution < 1.29 is 0 Å². The Labute approximate surface area is 101 Å². The molecule has 0 unspecified atom stereocenters. The van der Waals surface area contributed by atoms with Gasteiger partial charge in [0, 0.05) is 19.5 Å². The lowest BCUT2D eigenvalue weighted by Gasteiger charge is -2.00. The number of hydrogen-bond donors (Lipinski definition) is 0. The van der Waals surface area contributed by atoms with E-state index in [-0.39, 0.29) is 5.69 Å². The minimum Gasteiger partial charge on any atom is -0.295 e. The maximum atomic E-state index is 11.8. The summed E-state index contributed by atoms with van der Waals surface area (Å²) in [5.41, 5.74) is 2.32. The monoisotopic (exact) mass is 248 g/mol. The molecule has 0 bridgehead atoms. The third-order valence-electron chi connectivity index (χ3n) is 2.98. The smallest absolute Gasteiger partial charge is 0.295 e. The second kappa shape index (κ2) is 3.30. The number of rotatable bonds is 0. The van der Waals surface area contributed by atoms with Crippen LogP contribution in [0.1, 0.15) is 0 Å². The minimum atomic E-state index is -0.0700. The quantitative estimate of drug-likeness (QED) is 0.566. The van der Waals surface area contributed by atoms with Crippen molar-refractivity contribution in [2.75, 3.05) is 0 Å². The van der Waals surface area contributed by atoms with Gasteiger partial charge in [0.1, 0.15) is 11.5 Å². The van der Waals surface area contributed by atoms with Gasteiger partial charge in [0.25, 0.3) is 0 Å². The van der Waals surface area contributed by atoms with E-state index in [1.807, 2.05) is 12.1 Å². The van der Waals surface area contributed by atoms with Crippen LogP contribution >= 0.6 is 11.6 Å².